The number of aryl methyl sites for hydroxylation is 1. The highest BCUT2D eigenvalue weighted by atomic mass is 32.1. The first-order valence-corrected chi connectivity index (χ1v) is 6.41. The molecule has 0 aliphatic heterocycles. The summed E-state index contributed by atoms with van der Waals surface area (Å²) in [6, 6.07) is 5.60. The first kappa shape index (κ1) is 15.8. The molecule has 0 heterocycles. The van der Waals surface area contributed by atoms with Crippen LogP contribution in [0.2, 0.25) is 0 Å². The van der Waals surface area contributed by atoms with Gasteiger partial charge in [-0.1, -0.05) is 23.8 Å². The SMILES string of the molecule is Cc1ccc(NCCCCC(F)(F)F)c(C(N)=S)c1. The molecule has 6 heteroatoms. The van der Waals surface area contributed by atoms with Gasteiger partial charge in [0, 0.05) is 24.2 Å². The van der Waals surface area contributed by atoms with Crippen LogP contribution in [-0.4, -0.2) is 17.7 Å². The first-order valence-electron chi connectivity index (χ1n) is 6.00. The molecule has 0 unspecified atom stereocenters. The third-order valence-electron chi connectivity index (χ3n) is 2.64. The number of unbranched alkanes of at least 4 members (excludes halogenated alkanes) is 1. The molecule has 0 aliphatic carbocycles. The molecule has 0 atom stereocenters. The van der Waals surface area contributed by atoms with Gasteiger partial charge >= 0.3 is 6.18 Å². The Morgan fingerprint density at radius 2 is 2.00 bits per heavy atom. The summed E-state index contributed by atoms with van der Waals surface area (Å²) >= 11 is 4.95. The fourth-order valence-electron chi connectivity index (χ4n) is 1.69. The van der Waals surface area contributed by atoms with Gasteiger partial charge in [-0.05, 0) is 31.9 Å². The largest absolute Gasteiger partial charge is 0.389 e. The van der Waals surface area contributed by atoms with Crippen LogP contribution in [0.25, 0.3) is 0 Å². The van der Waals surface area contributed by atoms with Gasteiger partial charge in [-0.3, -0.25) is 0 Å². The molecule has 0 saturated carbocycles. The Hall–Kier alpha value is -1.30. The van der Waals surface area contributed by atoms with Gasteiger partial charge in [0.15, 0.2) is 0 Å². The molecule has 1 rings (SSSR count). The molecule has 106 valence electrons. The average molecular weight is 290 g/mol. The Morgan fingerprint density at radius 1 is 1.32 bits per heavy atom. The van der Waals surface area contributed by atoms with E-state index in [4.69, 9.17) is 18.0 Å². The maximum absolute atomic E-state index is 12.0. The number of alkyl halides is 3. The summed E-state index contributed by atoms with van der Waals surface area (Å²) in [5.74, 6) is 0. The van der Waals surface area contributed by atoms with Crippen LogP contribution in [-0.2, 0) is 0 Å². The van der Waals surface area contributed by atoms with Crippen molar-refractivity contribution in [2.45, 2.75) is 32.4 Å². The van der Waals surface area contributed by atoms with Crippen LogP contribution >= 0.6 is 12.2 Å². The van der Waals surface area contributed by atoms with Crippen LogP contribution in [0.15, 0.2) is 18.2 Å². The van der Waals surface area contributed by atoms with Crippen molar-refractivity contribution in [3.63, 3.8) is 0 Å². The van der Waals surface area contributed by atoms with E-state index in [0.29, 0.717) is 13.0 Å². The molecule has 0 spiro atoms. The zero-order valence-electron chi connectivity index (χ0n) is 10.7. The quantitative estimate of drug-likeness (QED) is 0.618. The number of hydrogen-bond acceptors (Lipinski definition) is 2. The highest BCUT2D eigenvalue weighted by Crippen LogP contribution is 2.22. The van der Waals surface area contributed by atoms with Crippen LogP contribution < -0.4 is 11.1 Å². The fraction of sp³-hybridized carbons (Fsp3) is 0.462. The van der Waals surface area contributed by atoms with E-state index in [1.165, 1.54) is 0 Å². The summed E-state index contributed by atoms with van der Waals surface area (Å²) in [5, 5.41) is 3.07. The summed E-state index contributed by atoms with van der Waals surface area (Å²) in [7, 11) is 0. The van der Waals surface area contributed by atoms with Crippen LogP contribution in [0.1, 0.15) is 30.4 Å². The number of nitrogens with two attached hydrogens (primary N) is 1. The third kappa shape index (κ3) is 5.92. The van der Waals surface area contributed by atoms with E-state index in [0.717, 1.165) is 16.8 Å². The Morgan fingerprint density at radius 3 is 2.58 bits per heavy atom. The number of thiocarbonyl (C=S) groups is 1. The monoisotopic (exact) mass is 290 g/mol. The summed E-state index contributed by atoms with van der Waals surface area (Å²) in [4.78, 5) is 0.279. The van der Waals surface area contributed by atoms with Crippen molar-refractivity contribution in [2.24, 2.45) is 5.73 Å². The minimum atomic E-state index is -4.08. The number of anilines is 1. The Bertz CT molecular complexity index is 444. The lowest BCUT2D eigenvalue weighted by molar-refractivity contribution is -0.135. The number of benzene rings is 1. The zero-order chi connectivity index (χ0) is 14.5. The molecule has 1 aromatic rings. The molecule has 0 aliphatic rings. The Kier molecular flexibility index (Phi) is 5.60. The predicted octanol–water partition coefficient (Wildman–Crippen LogP) is 3.77. The van der Waals surface area contributed by atoms with Crippen LogP contribution in [0.3, 0.4) is 0 Å². The highest BCUT2D eigenvalue weighted by Gasteiger charge is 2.25. The Balaban J connectivity index is 2.47. The minimum absolute atomic E-state index is 0.116. The molecular formula is C13H17F3N2S. The minimum Gasteiger partial charge on any atom is -0.389 e. The van der Waals surface area contributed by atoms with Gasteiger partial charge in [0.05, 0.1) is 0 Å². The number of hydrogen-bond donors (Lipinski definition) is 2. The number of nitrogens with one attached hydrogen (secondary N) is 1. The number of rotatable bonds is 6. The molecule has 1 aromatic carbocycles. The van der Waals surface area contributed by atoms with Gasteiger partial charge in [0.1, 0.15) is 4.99 Å². The molecule has 0 radical (unpaired) electrons. The molecule has 19 heavy (non-hydrogen) atoms. The molecule has 3 N–H and O–H groups in total. The zero-order valence-corrected chi connectivity index (χ0v) is 11.5. The summed E-state index contributed by atoms with van der Waals surface area (Å²) in [6.07, 6.45) is -4.26. The van der Waals surface area contributed by atoms with Gasteiger partial charge in [0.25, 0.3) is 0 Å². The summed E-state index contributed by atoms with van der Waals surface area (Å²) in [6.45, 7) is 2.39. The van der Waals surface area contributed by atoms with E-state index >= 15 is 0 Å². The third-order valence-corrected chi connectivity index (χ3v) is 2.86. The molecule has 0 amide bonds. The predicted molar refractivity (Wildman–Crippen MR) is 75.5 cm³/mol. The van der Waals surface area contributed by atoms with Gasteiger partial charge < -0.3 is 11.1 Å². The van der Waals surface area contributed by atoms with Crippen molar-refractivity contribution < 1.29 is 13.2 Å². The van der Waals surface area contributed by atoms with Crippen LogP contribution in [0, 0.1) is 6.92 Å². The van der Waals surface area contributed by atoms with E-state index in [9.17, 15) is 13.2 Å². The first-order chi connectivity index (χ1) is 8.79. The second-order valence-electron chi connectivity index (χ2n) is 4.41. The van der Waals surface area contributed by atoms with E-state index in [1.807, 2.05) is 25.1 Å². The van der Waals surface area contributed by atoms with E-state index in [2.05, 4.69) is 5.32 Å². The van der Waals surface area contributed by atoms with Crippen LogP contribution in [0.4, 0.5) is 18.9 Å². The highest BCUT2D eigenvalue weighted by molar-refractivity contribution is 7.80. The molecule has 0 fully saturated rings. The molecule has 0 saturated heterocycles. The average Bonchev–Trinajstić information content (AvgIpc) is 2.28. The normalized spacial score (nSPS) is 11.4. The van der Waals surface area contributed by atoms with Crippen LogP contribution in [0.5, 0.6) is 0 Å². The standard InChI is InChI=1S/C13H17F3N2S/c1-9-4-5-11(10(8-9)12(17)19)18-7-3-2-6-13(14,15)16/h4-5,8,18H,2-3,6-7H2,1H3,(H2,17,19). The van der Waals surface area contributed by atoms with Crippen molar-refractivity contribution >= 4 is 22.9 Å². The van der Waals surface area contributed by atoms with E-state index in [-0.39, 0.29) is 11.4 Å². The lowest BCUT2D eigenvalue weighted by Gasteiger charge is -2.12. The van der Waals surface area contributed by atoms with Crippen molar-refractivity contribution in [3.8, 4) is 0 Å². The molecular weight excluding hydrogens is 273 g/mol. The summed E-state index contributed by atoms with van der Waals surface area (Å²) < 4.78 is 35.9. The van der Waals surface area contributed by atoms with Gasteiger partial charge in [-0.2, -0.15) is 13.2 Å². The van der Waals surface area contributed by atoms with Gasteiger partial charge in [-0.25, -0.2) is 0 Å². The van der Waals surface area contributed by atoms with E-state index in [1.54, 1.807) is 0 Å². The van der Waals surface area contributed by atoms with E-state index < -0.39 is 12.6 Å². The smallest absolute Gasteiger partial charge is 0.389 e. The molecule has 0 aromatic heterocycles. The number of halogens is 3. The maximum Gasteiger partial charge on any atom is 0.389 e. The van der Waals surface area contributed by atoms with Gasteiger partial charge in [-0.15, -0.1) is 0 Å². The fourth-order valence-corrected chi connectivity index (χ4v) is 1.86. The lowest BCUT2D eigenvalue weighted by Crippen LogP contribution is -2.14. The Labute approximate surface area is 116 Å². The second kappa shape index (κ2) is 6.75. The lowest BCUT2D eigenvalue weighted by atomic mass is 10.1. The van der Waals surface area contributed by atoms with Crippen molar-refractivity contribution in [1.29, 1.82) is 0 Å². The maximum atomic E-state index is 12.0. The topological polar surface area (TPSA) is 38.0 Å². The van der Waals surface area contributed by atoms with Crippen molar-refractivity contribution in [2.75, 3.05) is 11.9 Å². The summed E-state index contributed by atoms with van der Waals surface area (Å²) in [5.41, 5.74) is 8.14. The molecule has 0 bridgehead atoms. The van der Waals surface area contributed by atoms with Crippen molar-refractivity contribution in [1.82, 2.24) is 0 Å². The second-order valence-corrected chi connectivity index (χ2v) is 4.85. The molecule has 2 nitrogen and oxygen atoms in total. The van der Waals surface area contributed by atoms with Crippen molar-refractivity contribution in [3.05, 3.63) is 29.3 Å². The van der Waals surface area contributed by atoms with Gasteiger partial charge in [0.2, 0.25) is 0 Å².